The van der Waals surface area contributed by atoms with Gasteiger partial charge in [-0.15, -0.1) is 11.3 Å². The molecule has 0 aliphatic heterocycles. The van der Waals surface area contributed by atoms with Crippen LogP contribution in [0.3, 0.4) is 0 Å². The molecule has 2 aromatic rings. The number of nitrogens with zero attached hydrogens (tertiary/aromatic N) is 3. The summed E-state index contributed by atoms with van der Waals surface area (Å²) in [5.74, 6) is -0.0632. The first kappa shape index (κ1) is 17.4. The normalized spacial score (nSPS) is 14.9. The van der Waals surface area contributed by atoms with Crippen LogP contribution in [-0.4, -0.2) is 22.6 Å². The summed E-state index contributed by atoms with van der Waals surface area (Å²) < 4.78 is 6.04. The quantitative estimate of drug-likeness (QED) is 0.785. The third kappa shape index (κ3) is 3.80. The highest BCUT2D eigenvalue weighted by Gasteiger charge is 2.19. The molecule has 3 rings (SSSR count). The zero-order valence-corrected chi connectivity index (χ0v) is 14.8. The zero-order valence-electron chi connectivity index (χ0n) is 14.0. The summed E-state index contributed by atoms with van der Waals surface area (Å²) >= 11 is 1.62. The van der Waals surface area contributed by atoms with Crippen molar-refractivity contribution in [3.05, 3.63) is 49.8 Å². The van der Waals surface area contributed by atoms with Gasteiger partial charge in [-0.3, -0.25) is 4.79 Å². The van der Waals surface area contributed by atoms with Crippen molar-refractivity contribution in [1.82, 2.24) is 9.55 Å². The van der Waals surface area contributed by atoms with Crippen LogP contribution in [0.25, 0.3) is 0 Å². The van der Waals surface area contributed by atoms with Crippen molar-refractivity contribution in [3.63, 3.8) is 0 Å². The van der Waals surface area contributed by atoms with Gasteiger partial charge in [0.1, 0.15) is 11.6 Å². The van der Waals surface area contributed by atoms with Gasteiger partial charge in [0.05, 0.1) is 29.9 Å². The Morgan fingerprint density at radius 3 is 2.88 bits per heavy atom. The summed E-state index contributed by atoms with van der Waals surface area (Å²) in [6, 6.07) is 3.10. The molecular formula is C18H19N3O3S. The van der Waals surface area contributed by atoms with Gasteiger partial charge < -0.3 is 9.30 Å². The minimum Gasteiger partial charge on any atom is -0.465 e. The Kier molecular flexibility index (Phi) is 5.29. The summed E-state index contributed by atoms with van der Waals surface area (Å²) in [4.78, 5) is 28.8. The molecule has 0 aromatic carbocycles. The van der Waals surface area contributed by atoms with Crippen LogP contribution in [0.15, 0.2) is 22.4 Å². The van der Waals surface area contributed by atoms with Crippen LogP contribution in [0.2, 0.25) is 0 Å². The van der Waals surface area contributed by atoms with Crippen molar-refractivity contribution in [2.75, 3.05) is 7.11 Å². The molecular weight excluding hydrogens is 338 g/mol. The SMILES string of the molecule is COC(=O)c1cc(C#N)c(=O)n(Cc2csc(C3CCCCC3)n2)c1. The lowest BCUT2D eigenvalue weighted by atomic mass is 9.90. The highest BCUT2D eigenvalue weighted by Crippen LogP contribution is 2.34. The van der Waals surface area contributed by atoms with Crippen LogP contribution in [0.4, 0.5) is 0 Å². The molecule has 0 unspecified atom stereocenters. The lowest BCUT2D eigenvalue weighted by molar-refractivity contribution is 0.0599. The van der Waals surface area contributed by atoms with Gasteiger partial charge in [0.15, 0.2) is 0 Å². The van der Waals surface area contributed by atoms with Gasteiger partial charge in [0, 0.05) is 17.5 Å². The molecule has 130 valence electrons. The van der Waals surface area contributed by atoms with Crippen molar-refractivity contribution in [2.45, 2.75) is 44.6 Å². The summed E-state index contributed by atoms with van der Waals surface area (Å²) in [7, 11) is 1.26. The first-order chi connectivity index (χ1) is 12.1. The molecule has 1 aliphatic rings. The number of ether oxygens (including phenoxy) is 1. The minimum absolute atomic E-state index is 0.0781. The second kappa shape index (κ2) is 7.62. The Bertz CT molecular complexity index is 872. The van der Waals surface area contributed by atoms with E-state index < -0.39 is 11.5 Å². The molecule has 0 saturated heterocycles. The standard InChI is InChI=1S/C18H19N3O3S/c1-24-18(23)14-7-13(8-19)17(22)21(9-14)10-15-11-25-16(20-15)12-5-3-2-4-6-12/h7,9,11-12H,2-6,10H2,1H3. The van der Waals surface area contributed by atoms with Gasteiger partial charge in [-0.1, -0.05) is 19.3 Å². The summed E-state index contributed by atoms with van der Waals surface area (Å²) in [5.41, 5.74) is 0.452. The van der Waals surface area contributed by atoms with Crippen LogP contribution in [0, 0.1) is 11.3 Å². The predicted octanol–water partition coefficient (Wildman–Crippen LogP) is 3.06. The molecule has 0 atom stereocenters. The Balaban J connectivity index is 1.87. The Morgan fingerprint density at radius 1 is 1.44 bits per heavy atom. The van der Waals surface area contributed by atoms with Crippen molar-refractivity contribution in [2.24, 2.45) is 0 Å². The highest BCUT2D eigenvalue weighted by atomic mass is 32.1. The zero-order chi connectivity index (χ0) is 17.8. The Hall–Kier alpha value is -2.46. The van der Waals surface area contributed by atoms with Crippen LogP contribution < -0.4 is 5.56 Å². The van der Waals surface area contributed by atoms with E-state index in [0.29, 0.717) is 5.92 Å². The minimum atomic E-state index is -0.577. The maximum absolute atomic E-state index is 12.3. The van der Waals surface area contributed by atoms with E-state index in [4.69, 9.17) is 5.26 Å². The molecule has 7 heteroatoms. The number of carbonyl (C=O) groups is 1. The van der Waals surface area contributed by atoms with E-state index in [-0.39, 0.29) is 17.7 Å². The average molecular weight is 357 g/mol. The van der Waals surface area contributed by atoms with Gasteiger partial charge in [-0.2, -0.15) is 5.26 Å². The number of thiazole rings is 1. The second-order valence-corrected chi connectivity index (χ2v) is 7.08. The van der Waals surface area contributed by atoms with Crippen LogP contribution >= 0.6 is 11.3 Å². The number of methoxy groups -OCH3 is 1. The fraction of sp³-hybridized carbons (Fsp3) is 0.444. The Morgan fingerprint density at radius 2 is 2.20 bits per heavy atom. The van der Waals surface area contributed by atoms with E-state index in [1.54, 1.807) is 11.3 Å². The third-order valence-electron chi connectivity index (χ3n) is 4.48. The average Bonchev–Trinajstić information content (AvgIpc) is 3.12. The largest absolute Gasteiger partial charge is 0.465 e. The number of rotatable bonds is 4. The van der Waals surface area contributed by atoms with E-state index >= 15 is 0 Å². The maximum atomic E-state index is 12.3. The van der Waals surface area contributed by atoms with E-state index in [1.165, 1.54) is 56.0 Å². The predicted molar refractivity (Wildman–Crippen MR) is 93.8 cm³/mol. The van der Waals surface area contributed by atoms with Gasteiger partial charge in [-0.05, 0) is 18.9 Å². The van der Waals surface area contributed by atoms with Crippen molar-refractivity contribution in [3.8, 4) is 6.07 Å². The van der Waals surface area contributed by atoms with E-state index in [0.717, 1.165) is 10.7 Å². The molecule has 2 aromatic heterocycles. The fourth-order valence-corrected chi connectivity index (χ4v) is 4.15. The molecule has 0 radical (unpaired) electrons. The maximum Gasteiger partial charge on any atom is 0.339 e. The fourth-order valence-electron chi connectivity index (χ4n) is 3.17. The van der Waals surface area contributed by atoms with E-state index in [9.17, 15) is 9.59 Å². The van der Waals surface area contributed by atoms with Gasteiger partial charge in [-0.25, -0.2) is 9.78 Å². The Labute approximate surface area is 149 Å². The van der Waals surface area contributed by atoms with Gasteiger partial charge in [0.2, 0.25) is 0 Å². The second-order valence-electron chi connectivity index (χ2n) is 6.19. The first-order valence-electron chi connectivity index (χ1n) is 8.29. The molecule has 0 bridgehead atoms. The lowest BCUT2D eigenvalue weighted by Gasteiger charge is -2.18. The van der Waals surface area contributed by atoms with Gasteiger partial charge >= 0.3 is 5.97 Å². The van der Waals surface area contributed by atoms with Crippen LogP contribution in [0.1, 0.15) is 64.6 Å². The van der Waals surface area contributed by atoms with Crippen molar-refractivity contribution in [1.29, 1.82) is 5.26 Å². The number of nitriles is 1. The van der Waals surface area contributed by atoms with Crippen molar-refractivity contribution < 1.29 is 9.53 Å². The van der Waals surface area contributed by atoms with Crippen molar-refractivity contribution >= 4 is 17.3 Å². The third-order valence-corrected chi connectivity index (χ3v) is 5.54. The monoisotopic (exact) mass is 357 g/mol. The number of aromatic nitrogens is 2. The van der Waals surface area contributed by atoms with E-state index in [1.807, 2.05) is 11.4 Å². The molecule has 1 aliphatic carbocycles. The topological polar surface area (TPSA) is 85.0 Å². The number of esters is 1. The number of pyridine rings is 1. The molecule has 1 fully saturated rings. The summed E-state index contributed by atoms with van der Waals surface area (Å²) in [5, 5.41) is 12.2. The number of hydrogen-bond acceptors (Lipinski definition) is 6. The van der Waals surface area contributed by atoms with Crippen LogP contribution in [-0.2, 0) is 11.3 Å². The molecule has 0 amide bonds. The lowest BCUT2D eigenvalue weighted by Crippen LogP contribution is -2.24. The summed E-state index contributed by atoms with van der Waals surface area (Å²) in [6.07, 6.45) is 7.54. The smallest absolute Gasteiger partial charge is 0.339 e. The summed E-state index contributed by atoms with van der Waals surface area (Å²) in [6.45, 7) is 0.238. The molecule has 0 spiro atoms. The van der Waals surface area contributed by atoms with Gasteiger partial charge in [0.25, 0.3) is 5.56 Å². The van der Waals surface area contributed by atoms with Crippen LogP contribution in [0.5, 0.6) is 0 Å². The number of carbonyl (C=O) groups excluding carboxylic acids is 1. The first-order valence-corrected chi connectivity index (χ1v) is 9.17. The molecule has 6 nitrogen and oxygen atoms in total. The van der Waals surface area contributed by atoms with E-state index in [2.05, 4.69) is 9.72 Å². The molecule has 25 heavy (non-hydrogen) atoms. The molecule has 1 saturated carbocycles. The molecule has 0 N–H and O–H groups in total. The molecule has 2 heterocycles. The number of hydrogen-bond donors (Lipinski definition) is 0. The highest BCUT2D eigenvalue weighted by molar-refractivity contribution is 7.09.